The van der Waals surface area contributed by atoms with Crippen LogP contribution in [-0.2, 0) is 5.11 Å². The summed E-state index contributed by atoms with van der Waals surface area (Å²) in [5.74, 6) is -0.787. The molecule has 0 saturated heterocycles. The Bertz CT molecular complexity index is 174. The lowest BCUT2D eigenvalue weighted by molar-refractivity contribution is 0.311. The van der Waals surface area contributed by atoms with E-state index in [1.807, 2.05) is 0 Å². The molecule has 0 unspecified atom stereocenters. The number of halogens is 1. The van der Waals surface area contributed by atoms with Gasteiger partial charge in [-0.15, -0.1) is 0 Å². The van der Waals surface area contributed by atoms with Gasteiger partial charge in [0.2, 0.25) is 5.95 Å². The van der Waals surface area contributed by atoms with Crippen molar-refractivity contribution < 1.29 is 9.50 Å². The van der Waals surface area contributed by atoms with Gasteiger partial charge in [0.25, 0.3) is 0 Å². The quantitative estimate of drug-likeness (QED) is 0.466. The van der Waals surface area contributed by atoms with Crippen LogP contribution in [0.15, 0.2) is 12.3 Å². The van der Waals surface area contributed by atoms with Crippen LogP contribution in [0.2, 0.25) is 0 Å². The second kappa shape index (κ2) is 1.73. The normalized spacial score (nSPS) is 9.12. The van der Waals surface area contributed by atoms with Crippen molar-refractivity contribution in [2.75, 3.05) is 0 Å². The smallest absolute Gasteiger partial charge is 0.244 e. The first-order valence-corrected chi connectivity index (χ1v) is 1.94. The number of aromatic nitrogens is 2. The number of nitrogens with zero attached hydrogens (tertiary/aromatic N) is 2. The maximum atomic E-state index is 11.8. The molecule has 0 aliphatic carbocycles. The van der Waals surface area contributed by atoms with Crippen LogP contribution in [0, 0.1) is 5.95 Å². The average Bonchev–Trinajstić information content (AvgIpc) is 1.64. The average molecular weight is 113 g/mol. The Hall–Kier alpha value is -1.19. The monoisotopic (exact) mass is 113 g/mol. The summed E-state index contributed by atoms with van der Waals surface area (Å²) >= 11 is 0. The van der Waals surface area contributed by atoms with Crippen molar-refractivity contribution in [2.45, 2.75) is 0 Å². The Morgan fingerprint density at radius 1 is 1.62 bits per heavy atom. The molecule has 0 fully saturated rings. The van der Waals surface area contributed by atoms with Gasteiger partial charge in [-0.05, 0) is 0 Å². The van der Waals surface area contributed by atoms with Crippen LogP contribution < -0.4 is 0 Å². The first kappa shape index (κ1) is 4.96. The van der Waals surface area contributed by atoms with Gasteiger partial charge in [0.15, 0.2) is 0 Å². The van der Waals surface area contributed by atoms with E-state index in [-0.39, 0.29) is 0 Å². The van der Waals surface area contributed by atoms with Gasteiger partial charge in [0.05, 0.1) is 0 Å². The van der Waals surface area contributed by atoms with E-state index in [0.717, 1.165) is 12.3 Å². The van der Waals surface area contributed by atoms with Crippen LogP contribution in [0.5, 0.6) is 6.01 Å². The molecule has 0 aliphatic rings. The Morgan fingerprint density at radius 3 is 2.75 bits per heavy atom. The Balaban J connectivity index is 3.08. The standard InChI is InChI=1S/C4H2FN2O/c5-3-1-2-6-4(8)7-3/h1-2H. The number of rotatable bonds is 0. The lowest BCUT2D eigenvalue weighted by Gasteiger charge is -1.81. The predicted molar refractivity (Wildman–Crippen MR) is 22.1 cm³/mol. The molecule has 3 nitrogen and oxygen atoms in total. The molecule has 0 bridgehead atoms. The molecule has 1 aromatic heterocycles. The summed E-state index contributed by atoms with van der Waals surface area (Å²) in [4.78, 5) is 5.97. The molecule has 4 heteroatoms. The highest BCUT2D eigenvalue weighted by Crippen LogP contribution is 1.97. The van der Waals surface area contributed by atoms with Gasteiger partial charge in [-0.25, -0.2) is 5.11 Å². The first-order chi connectivity index (χ1) is 3.79. The molecule has 0 atom stereocenters. The molecule has 0 aliphatic heterocycles. The van der Waals surface area contributed by atoms with E-state index in [1.165, 1.54) is 0 Å². The maximum Gasteiger partial charge on any atom is 0.369 e. The summed E-state index contributed by atoms with van der Waals surface area (Å²) in [5, 5.41) is 10.0. The fourth-order valence-electron chi connectivity index (χ4n) is 0.320. The molecule has 0 N–H and O–H groups in total. The van der Waals surface area contributed by atoms with Crippen LogP contribution in [0.1, 0.15) is 0 Å². The minimum Gasteiger partial charge on any atom is -0.244 e. The van der Waals surface area contributed by atoms with E-state index in [1.54, 1.807) is 0 Å². The van der Waals surface area contributed by atoms with Crippen molar-refractivity contribution in [1.29, 1.82) is 0 Å². The third-order valence-corrected chi connectivity index (χ3v) is 0.599. The Kier molecular flexibility index (Phi) is 1.07. The Labute approximate surface area is 44.8 Å². The van der Waals surface area contributed by atoms with E-state index in [9.17, 15) is 9.50 Å². The van der Waals surface area contributed by atoms with Crippen molar-refractivity contribution in [3.05, 3.63) is 18.2 Å². The largest absolute Gasteiger partial charge is 0.369 e. The summed E-state index contributed by atoms with van der Waals surface area (Å²) in [6.45, 7) is 0. The molecule has 8 heavy (non-hydrogen) atoms. The lowest BCUT2D eigenvalue weighted by Crippen LogP contribution is -1.81. The maximum absolute atomic E-state index is 11.8. The van der Waals surface area contributed by atoms with E-state index < -0.39 is 12.0 Å². The highest BCUT2D eigenvalue weighted by atomic mass is 19.1. The van der Waals surface area contributed by atoms with Crippen LogP contribution in [0.25, 0.3) is 0 Å². The molecule has 1 aromatic rings. The zero-order valence-corrected chi connectivity index (χ0v) is 3.84. The molecular weight excluding hydrogens is 111 g/mol. The van der Waals surface area contributed by atoms with E-state index >= 15 is 0 Å². The van der Waals surface area contributed by atoms with Crippen LogP contribution in [-0.4, -0.2) is 9.97 Å². The van der Waals surface area contributed by atoms with Crippen molar-refractivity contribution in [1.82, 2.24) is 9.97 Å². The van der Waals surface area contributed by atoms with Crippen molar-refractivity contribution >= 4 is 0 Å². The molecule has 0 saturated carbocycles. The molecule has 1 radical (unpaired) electrons. The molecule has 0 aromatic carbocycles. The summed E-state index contributed by atoms with van der Waals surface area (Å²) in [5.41, 5.74) is 0. The fourth-order valence-corrected chi connectivity index (χ4v) is 0.320. The van der Waals surface area contributed by atoms with Crippen molar-refractivity contribution in [3.8, 4) is 6.01 Å². The van der Waals surface area contributed by atoms with E-state index in [0.29, 0.717) is 0 Å². The second-order valence-corrected chi connectivity index (χ2v) is 1.16. The predicted octanol–water partition coefficient (Wildman–Crippen LogP) is 0.759. The highest BCUT2D eigenvalue weighted by Gasteiger charge is 1.92. The van der Waals surface area contributed by atoms with Crippen LogP contribution >= 0.6 is 0 Å². The highest BCUT2D eigenvalue weighted by molar-refractivity contribution is 4.91. The molecule has 0 spiro atoms. The summed E-state index contributed by atoms with van der Waals surface area (Å²) < 4.78 is 11.8. The molecule has 0 amide bonds. The SMILES string of the molecule is [O]c1nccc(F)n1. The van der Waals surface area contributed by atoms with Gasteiger partial charge in [-0.3, -0.25) is 0 Å². The van der Waals surface area contributed by atoms with Crippen molar-refractivity contribution in [2.24, 2.45) is 0 Å². The number of hydrogen-bond acceptors (Lipinski definition) is 2. The second-order valence-electron chi connectivity index (χ2n) is 1.16. The minimum atomic E-state index is -0.787. The van der Waals surface area contributed by atoms with E-state index in [4.69, 9.17) is 0 Å². The first-order valence-electron chi connectivity index (χ1n) is 1.94. The number of hydrogen-bond donors (Lipinski definition) is 0. The lowest BCUT2D eigenvalue weighted by atomic mass is 10.7. The molecular formula is C4H2FN2O. The van der Waals surface area contributed by atoms with Gasteiger partial charge in [-0.2, -0.15) is 14.4 Å². The molecule has 1 rings (SSSR count). The summed E-state index contributed by atoms with van der Waals surface area (Å²) in [6.07, 6.45) is 1.07. The van der Waals surface area contributed by atoms with Crippen molar-refractivity contribution in [3.63, 3.8) is 0 Å². The van der Waals surface area contributed by atoms with E-state index in [2.05, 4.69) is 9.97 Å². The van der Waals surface area contributed by atoms with Crippen LogP contribution in [0.4, 0.5) is 4.39 Å². The van der Waals surface area contributed by atoms with Gasteiger partial charge < -0.3 is 0 Å². The van der Waals surface area contributed by atoms with Gasteiger partial charge in [0, 0.05) is 12.3 Å². The summed E-state index contributed by atoms with van der Waals surface area (Å²) in [7, 11) is 0. The fraction of sp³-hybridized carbons (Fsp3) is 0. The molecule has 41 valence electrons. The molecule has 1 heterocycles. The van der Waals surface area contributed by atoms with Gasteiger partial charge >= 0.3 is 6.01 Å². The van der Waals surface area contributed by atoms with Crippen LogP contribution in [0.3, 0.4) is 0 Å². The Morgan fingerprint density at radius 2 is 2.38 bits per heavy atom. The zero-order chi connectivity index (χ0) is 5.98. The third-order valence-electron chi connectivity index (χ3n) is 0.599. The van der Waals surface area contributed by atoms with Gasteiger partial charge in [0.1, 0.15) is 0 Å². The van der Waals surface area contributed by atoms with Gasteiger partial charge in [-0.1, -0.05) is 0 Å². The third kappa shape index (κ3) is 0.900. The minimum absolute atomic E-state index is 0.787. The zero-order valence-electron chi connectivity index (χ0n) is 3.84. The topological polar surface area (TPSA) is 45.7 Å². The summed E-state index contributed by atoms with van der Waals surface area (Å²) in [6, 6.07) is 0.228.